The second-order valence-electron chi connectivity index (χ2n) is 9.39. The molecule has 5 rings (SSSR count). The van der Waals surface area contributed by atoms with Gasteiger partial charge in [0.2, 0.25) is 5.56 Å². The highest BCUT2D eigenvalue weighted by Crippen LogP contribution is 2.64. The van der Waals surface area contributed by atoms with Gasteiger partial charge in [-0.2, -0.15) is 13.2 Å². The fraction of sp³-hybridized carbons (Fsp3) is 0.458. The van der Waals surface area contributed by atoms with Gasteiger partial charge in [-0.1, -0.05) is 17.8 Å². The number of thioether (sulfide) groups is 1. The number of hydrogen-bond acceptors (Lipinski definition) is 5. The maximum Gasteiger partial charge on any atom is 0.416 e. The molecule has 2 aromatic heterocycles. The number of hydrogen-bond donors (Lipinski definition) is 1. The first-order valence-electron chi connectivity index (χ1n) is 11.5. The number of pyridine rings is 1. The van der Waals surface area contributed by atoms with Gasteiger partial charge in [0, 0.05) is 37.2 Å². The van der Waals surface area contributed by atoms with E-state index < -0.39 is 17.6 Å². The lowest BCUT2D eigenvalue weighted by Gasteiger charge is -2.16. The maximum absolute atomic E-state index is 14.4. The quantitative estimate of drug-likeness (QED) is 0.286. The van der Waals surface area contributed by atoms with Crippen LogP contribution in [0, 0.1) is 11.2 Å². The molecule has 2 aliphatic rings. The Hall–Kier alpha value is -2.66. The van der Waals surface area contributed by atoms with Crippen LogP contribution in [0.2, 0.25) is 0 Å². The molecule has 2 fully saturated rings. The molecule has 1 aromatic carbocycles. The van der Waals surface area contributed by atoms with E-state index in [2.05, 4.69) is 20.1 Å². The van der Waals surface area contributed by atoms with Crippen molar-refractivity contribution in [1.29, 1.82) is 0 Å². The topological polar surface area (TPSA) is 66.8 Å². The highest BCUT2D eigenvalue weighted by atomic mass is 32.2. The van der Waals surface area contributed by atoms with Crippen LogP contribution in [-0.4, -0.2) is 50.0 Å². The second-order valence-corrected chi connectivity index (χ2v) is 10.5. The molecule has 0 radical (unpaired) electrons. The molecular weight excluding hydrogens is 482 g/mol. The highest BCUT2D eigenvalue weighted by Gasteiger charge is 2.58. The van der Waals surface area contributed by atoms with Gasteiger partial charge in [0.25, 0.3) is 0 Å². The highest BCUT2D eigenvalue weighted by molar-refractivity contribution is 7.99. The first kappa shape index (κ1) is 24.1. The zero-order chi connectivity index (χ0) is 24.8. The van der Waals surface area contributed by atoms with E-state index in [1.54, 1.807) is 24.0 Å². The summed E-state index contributed by atoms with van der Waals surface area (Å²) >= 11 is 1.62. The predicted molar refractivity (Wildman–Crippen MR) is 125 cm³/mol. The SMILES string of the molecule is Cn1c(SCCCN2CC[C@]3(C[C@@H]3c3ccc(C(F)(F)F)cc3F)C2)nnc1-c1ccc(=O)[nH]c1. The van der Waals surface area contributed by atoms with Crippen molar-refractivity contribution in [3.05, 3.63) is 63.8 Å². The fourth-order valence-electron chi connectivity index (χ4n) is 5.09. The summed E-state index contributed by atoms with van der Waals surface area (Å²) in [6.45, 7) is 2.68. The Kier molecular flexibility index (Phi) is 6.25. The molecule has 6 nitrogen and oxygen atoms in total. The molecule has 186 valence electrons. The van der Waals surface area contributed by atoms with Gasteiger partial charge in [-0.3, -0.25) is 4.79 Å². The Morgan fingerprint density at radius 2 is 2.06 bits per heavy atom. The van der Waals surface area contributed by atoms with E-state index in [9.17, 15) is 22.4 Å². The van der Waals surface area contributed by atoms with Crippen molar-refractivity contribution >= 4 is 11.8 Å². The number of nitrogens with one attached hydrogen (secondary N) is 1. The molecule has 35 heavy (non-hydrogen) atoms. The first-order chi connectivity index (χ1) is 16.7. The van der Waals surface area contributed by atoms with Crippen LogP contribution in [0.3, 0.4) is 0 Å². The molecule has 1 aliphatic heterocycles. The Bertz CT molecular complexity index is 1270. The number of rotatable bonds is 7. The van der Waals surface area contributed by atoms with Crippen molar-refractivity contribution in [3.8, 4) is 11.4 Å². The lowest BCUT2D eigenvalue weighted by Crippen LogP contribution is -2.23. The zero-order valence-corrected chi connectivity index (χ0v) is 19.9. The van der Waals surface area contributed by atoms with E-state index >= 15 is 0 Å². The van der Waals surface area contributed by atoms with Crippen LogP contribution in [0.15, 0.2) is 46.5 Å². The van der Waals surface area contributed by atoms with Crippen molar-refractivity contribution < 1.29 is 17.6 Å². The molecule has 3 aromatic rings. The summed E-state index contributed by atoms with van der Waals surface area (Å²) in [6, 6.07) is 6.10. The second kappa shape index (κ2) is 9.09. The third kappa shape index (κ3) is 4.88. The van der Waals surface area contributed by atoms with Crippen LogP contribution in [0.1, 0.15) is 36.3 Å². The van der Waals surface area contributed by atoms with Gasteiger partial charge < -0.3 is 14.5 Å². The van der Waals surface area contributed by atoms with E-state index in [1.807, 2.05) is 11.6 Å². The van der Waals surface area contributed by atoms with Crippen LogP contribution < -0.4 is 5.56 Å². The van der Waals surface area contributed by atoms with Crippen LogP contribution >= 0.6 is 11.8 Å². The lowest BCUT2D eigenvalue weighted by atomic mass is 9.97. The van der Waals surface area contributed by atoms with Crippen molar-refractivity contribution in [2.45, 2.75) is 36.5 Å². The molecule has 1 saturated heterocycles. The fourth-order valence-corrected chi connectivity index (χ4v) is 5.93. The summed E-state index contributed by atoms with van der Waals surface area (Å²) in [5.41, 5.74) is 0.0836. The molecule has 1 N–H and O–H groups in total. The lowest BCUT2D eigenvalue weighted by molar-refractivity contribution is -0.137. The number of alkyl halides is 3. The molecule has 1 spiro atoms. The van der Waals surface area contributed by atoms with E-state index in [0.717, 1.165) is 61.4 Å². The van der Waals surface area contributed by atoms with Gasteiger partial charge in [-0.15, -0.1) is 10.2 Å². The van der Waals surface area contributed by atoms with E-state index in [4.69, 9.17) is 0 Å². The normalized spacial score (nSPS) is 22.3. The summed E-state index contributed by atoms with van der Waals surface area (Å²) < 4.78 is 54.8. The molecule has 1 aliphatic carbocycles. The van der Waals surface area contributed by atoms with Crippen LogP contribution in [0.25, 0.3) is 11.4 Å². The summed E-state index contributed by atoms with van der Waals surface area (Å²) in [6.07, 6.45) is -0.201. The molecule has 11 heteroatoms. The number of nitrogens with zero attached hydrogens (tertiary/aromatic N) is 4. The molecule has 0 amide bonds. The third-order valence-electron chi connectivity index (χ3n) is 7.08. The number of benzene rings is 1. The van der Waals surface area contributed by atoms with Gasteiger partial charge in [0.05, 0.1) is 5.56 Å². The van der Waals surface area contributed by atoms with Gasteiger partial charge in [-0.25, -0.2) is 4.39 Å². The smallest absolute Gasteiger partial charge is 0.328 e. The molecule has 0 unspecified atom stereocenters. The minimum absolute atomic E-state index is 0.00542. The van der Waals surface area contributed by atoms with Crippen molar-refractivity contribution in [2.75, 3.05) is 25.4 Å². The van der Waals surface area contributed by atoms with Crippen molar-refractivity contribution in [3.63, 3.8) is 0 Å². The Labute approximate surface area is 203 Å². The first-order valence-corrected chi connectivity index (χ1v) is 12.5. The Balaban J connectivity index is 1.11. The molecular formula is C24H25F4N5OS. The summed E-state index contributed by atoms with van der Waals surface area (Å²) in [7, 11) is 1.89. The zero-order valence-electron chi connectivity index (χ0n) is 19.1. The average Bonchev–Trinajstić information content (AvgIpc) is 3.14. The number of H-pyrrole nitrogens is 1. The van der Waals surface area contributed by atoms with Crippen molar-refractivity contribution in [1.82, 2.24) is 24.6 Å². The molecule has 3 heterocycles. The molecule has 1 saturated carbocycles. The Morgan fingerprint density at radius 3 is 2.77 bits per heavy atom. The van der Waals surface area contributed by atoms with Gasteiger partial charge >= 0.3 is 6.18 Å². The van der Waals surface area contributed by atoms with Crippen LogP contribution in [0.4, 0.5) is 17.6 Å². The number of aromatic nitrogens is 4. The van der Waals surface area contributed by atoms with Gasteiger partial charge in [0.1, 0.15) is 5.82 Å². The van der Waals surface area contributed by atoms with Crippen LogP contribution in [-0.2, 0) is 13.2 Å². The number of halogens is 4. The van der Waals surface area contributed by atoms with Crippen LogP contribution in [0.5, 0.6) is 0 Å². The number of aromatic amines is 1. The predicted octanol–water partition coefficient (Wildman–Crippen LogP) is 4.69. The van der Waals surface area contributed by atoms with E-state index in [1.165, 1.54) is 12.1 Å². The maximum atomic E-state index is 14.4. The average molecular weight is 508 g/mol. The number of likely N-dealkylation sites (tertiary alicyclic amines) is 1. The monoisotopic (exact) mass is 507 g/mol. The largest absolute Gasteiger partial charge is 0.416 e. The van der Waals surface area contributed by atoms with Gasteiger partial charge in [-0.05, 0) is 67.4 Å². The Morgan fingerprint density at radius 1 is 1.23 bits per heavy atom. The summed E-state index contributed by atoms with van der Waals surface area (Å²) in [5.74, 6) is 0.786. The van der Waals surface area contributed by atoms with Gasteiger partial charge in [0.15, 0.2) is 11.0 Å². The molecule has 0 bridgehead atoms. The third-order valence-corrected chi connectivity index (χ3v) is 8.19. The standard InChI is InChI=1S/C24H25F4N5OS/c1-32-21(15-3-6-20(34)29-13-15)30-31-22(32)35-10-2-8-33-9-7-23(14-33)12-18(23)17-5-4-16(11-19(17)25)24(26,27)28/h3-6,11,13,18H,2,7-10,12,14H2,1H3,(H,29,34)/t18-,23+/m1/s1. The summed E-state index contributed by atoms with van der Waals surface area (Å²) in [5, 5.41) is 9.28. The van der Waals surface area contributed by atoms with E-state index in [0.29, 0.717) is 17.5 Å². The minimum atomic E-state index is -4.53. The van der Waals surface area contributed by atoms with Crippen molar-refractivity contribution in [2.24, 2.45) is 12.5 Å². The summed E-state index contributed by atoms with van der Waals surface area (Å²) in [4.78, 5) is 16.3. The van der Waals surface area contributed by atoms with E-state index in [-0.39, 0.29) is 16.9 Å². The molecule has 2 atom stereocenters. The minimum Gasteiger partial charge on any atom is -0.328 e.